The first kappa shape index (κ1) is 16.2. The zero-order chi connectivity index (χ0) is 15.2. The molecule has 1 N–H and O–H groups in total. The first-order chi connectivity index (χ1) is 10.1. The van der Waals surface area contributed by atoms with Crippen LogP contribution in [0.2, 0.25) is 0 Å². The molecule has 5 nitrogen and oxygen atoms in total. The predicted molar refractivity (Wildman–Crippen MR) is 76.8 cm³/mol. The highest BCUT2D eigenvalue weighted by atomic mass is 35.5. The summed E-state index contributed by atoms with van der Waals surface area (Å²) in [6.07, 6.45) is -2.19. The maximum atomic E-state index is 11.4. The second-order valence-electron chi connectivity index (χ2n) is 4.95. The third-order valence-corrected chi connectivity index (χ3v) is 3.53. The Hall–Kier alpha value is -1.14. The number of esters is 1. The molecule has 4 atom stereocenters. The number of aliphatic hydroxyl groups is 1. The number of carbonyl (C=O) groups excluding carboxylic acids is 1. The molecule has 0 amide bonds. The monoisotopic (exact) mass is 314 g/mol. The van der Waals surface area contributed by atoms with E-state index in [4.69, 9.17) is 25.8 Å². The minimum atomic E-state index is -0.968. The van der Waals surface area contributed by atoms with E-state index in [9.17, 15) is 9.90 Å². The zero-order valence-electron chi connectivity index (χ0n) is 11.8. The van der Waals surface area contributed by atoms with Gasteiger partial charge in [0.2, 0.25) is 0 Å². The number of alkyl halides is 1. The fraction of sp³-hybridized carbons (Fsp3) is 0.533. The minimum absolute atomic E-state index is 0.173. The molecule has 0 aliphatic carbocycles. The molecular weight excluding hydrogens is 296 g/mol. The molecule has 0 aromatic heterocycles. The lowest BCUT2D eigenvalue weighted by Gasteiger charge is -2.37. The van der Waals surface area contributed by atoms with E-state index >= 15 is 0 Å². The van der Waals surface area contributed by atoms with Gasteiger partial charge in [-0.3, -0.25) is 4.79 Å². The fourth-order valence-corrected chi connectivity index (χ4v) is 2.40. The number of halogens is 1. The van der Waals surface area contributed by atoms with Crippen molar-refractivity contribution in [2.45, 2.75) is 44.6 Å². The van der Waals surface area contributed by atoms with E-state index in [0.717, 1.165) is 5.56 Å². The summed E-state index contributed by atoms with van der Waals surface area (Å²) in [4.78, 5) is 11.4. The van der Waals surface area contributed by atoms with Crippen molar-refractivity contribution < 1.29 is 24.1 Å². The lowest BCUT2D eigenvalue weighted by molar-refractivity contribution is -0.245. The molecule has 0 unspecified atom stereocenters. The van der Waals surface area contributed by atoms with Crippen LogP contribution < -0.4 is 0 Å². The second kappa shape index (κ2) is 7.75. The molecule has 1 heterocycles. The number of carbonyl (C=O) groups is 1. The third kappa shape index (κ3) is 4.68. The van der Waals surface area contributed by atoms with Crippen LogP contribution in [0.4, 0.5) is 0 Å². The van der Waals surface area contributed by atoms with Gasteiger partial charge in [-0.25, -0.2) is 0 Å². The molecule has 1 saturated heterocycles. The number of hydrogen-bond acceptors (Lipinski definition) is 5. The summed E-state index contributed by atoms with van der Waals surface area (Å²) in [5, 5.41) is 9.64. The van der Waals surface area contributed by atoms with Gasteiger partial charge >= 0.3 is 5.97 Å². The van der Waals surface area contributed by atoms with E-state index in [2.05, 4.69) is 0 Å². The van der Waals surface area contributed by atoms with Crippen molar-refractivity contribution in [3.05, 3.63) is 35.9 Å². The third-order valence-electron chi connectivity index (χ3n) is 3.31. The highest BCUT2D eigenvalue weighted by Crippen LogP contribution is 2.25. The maximum absolute atomic E-state index is 11.4. The van der Waals surface area contributed by atoms with Gasteiger partial charge in [-0.15, -0.1) is 11.6 Å². The Morgan fingerprint density at radius 3 is 2.81 bits per heavy atom. The topological polar surface area (TPSA) is 65.0 Å². The summed E-state index contributed by atoms with van der Waals surface area (Å²) in [5.74, 6) is -0.760. The Bertz CT molecular complexity index is 453. The van der Waals surface area contributed by atoms with Crippen LogP contribution in [-0.2, 0) is 25.6 Å². The van der Waals surface area contributed by atoms with E-state index in [1.54, 1.807) is 6.92 Å². The molecule has 1 aromatic carbocycles. The average Bonchev–Trinajstić information content (AvgIpc) is 2.47. The first-order valence-electron chi connectivity index (χ1n) is 6.84. The fourth-order valence-electron chi connectivity index (χ4n) is 2.34. The van der Waals surface area contributed by atoms with E-state index in [-0.39, 0.29) is 18.4 Å². The molecular formula is C15H19ClO5. The van der Waals surface area contributed by atoms with E-state index in [1.807, 2.05) is 30.3 Å². The first-order valence-corrected chi connectivity index (χ1v) is 7.38. The van der Waals surface area contributed by atoms with E-state index in [1.165, 1.54) is 0 Å². The lowest BCUT2D eigenvalue weighted by atomic mass is 10.0. The van der Waals surface area contributed by atoms with Crippen molar-refractivity contribution in [3.63, 3.8) is 0 Å². The van der Waals surface area contributed by atoms with Crippen LogP contribution in [0.15, 0.2) is 30.3 Å². The summed E-state index contributed by atoms with van der Waals surface area (Å²) in [6.45, 7) is 2.16. The standard InChI is InChI=1S/C15H19ClO5/c1-10-15(19-9-11-5-3-2-4-6-11)12(7-13(17)20-10)21-14(18)8-16/h2-6,10,12-13,15,17H,7-9H2,1H3/t10-,12-,13-,15+/m0/s1. The Labute approximate surface area is 128 Å². The molecule has 1 aromatic rings. The van der Waals surface area contributed by atoms with Crippen molar-refractivity contribution in [1.29, 1.82) is 0 Å². The van der Waals surface area contributed by atoms with Crippen molar-refractivity contribution in [2.75, 3.05) is 5.88 Å². The Morgan fingerprint density at radius 1 is 1.43 bits per heavy atom. The van der Waals surface area contributed by atoms with Crippen LogP contribution in [0.3, 0.4) is 0 Å². The molecule has 1 fully saturated rings. The number of ether oxygens (including phenoxy) is 3. The summed E-state index contributed by atoms with van der Waals surface area (Å²) in [7, 11) is 0. The number of hydrogen-bond donors (Lipinski definition) is 1. The van der Waals surface area contributed by atoms with Gasteiger partial charge in [-0.2, -0.15) is 0 Å². The van der Waals surface area contributed by atoms with Crippen molar-refractivity contribution in [3.8, 4) is 0 Å². The molecule has 6 heteroatoms. The molecule has 1 aliphatic heterocycles. The molecule has 0 saturated carbocycles. The van der Waals surface area contributed by atoms with Crippen LogP contribution in [0.5, 0.6) is 0 Å². The molecule has 0 bridgehead atoms. The molecule has 116 valence electrons. The lowest BCUT2D eigenvalue weighted by Crippen LogP contribution is -2.50. The average molecular weight is 315 g/mol. The van der Waals surface area contributed by atoms with Crippen LogP contribution in [-0.4, -0.2) is 41.6 Å². The van der Waals surface area contributed by atoms with Gasteiger partial charge in [0.1, 0.15) is 18.1 Å². The Kier molecular flexibility index (Phi) is 5.99. The van der Waals surface area contributed by atoms with E-state index < -0.39 is 24.5 Å². The summed E-state index contributed by atoms with van der Waals surface area (Å²) in [5.41, 5.74) is 1.01. The largest absolute Gasteiger partial charge is 0.458 e. The molecule has 1 aliphatic rings. The SMILES string of the molecule is C[C@@H]1O[C@H](O)C[C@H](OC(=O)CCl)[C@@H]1OCc1ccccc1. The van der Waals surface area contributed by atoms with Crippen molar-refractivity contribution in [2.24, 2.45) is 0 Å². The van der Waals surface area contributed by atoms with Gasteiger partial charge in [0.15, 0.2) is 6.29 Å². The van der Waals surface area contributed by atoms with Gasteiger partial charge in [-0.05, 0) is 12.5 Å². The normalized spacial score (nSPS) is 29.1. The summed E-state index contributed by atoms with van der Waals surface area (Å²) < 4.78 is 16.4. The Morgan fingerprint density at radius 2 is 2.14 bits per heavy atom. The van der Waals surface area contributed by atoms with Crippen molar-refractivity contribution >= 4 is 17.6 Å². The number of aliphatic hydroxyl groups excluding tert-OH is 1. The highest BCUT2D eigenvalue weighted by molar-refractivity contribution is 6.26. The highest BCUT2D eigenvalue weighted by Gasteiger charge is 2.39. The maximum Gasteiger partial charge on any atom is 0.321 e. The zero-order valence-corrected chi connectivity index (χ0v) is 12.5. The van der Waals surface area contributed by atoms with Gasteiger partial charge < -0.3 is 19.3 Å². The quantitative estimate of drug-likeness (QED) is 0.664. The second-order valence-corrected chi connectivity index (χ2v) is 5.22. The molecule has 0 radical (unpaired) electrons. The van der Waals surface area contributed by atoms with Crippen LogP contribution >= 0.6 is 11.6 Å². The van der Waals surface area contributed by atoms with Crippen LogP contribution in [0.25, 0.3) is 0 Å². The Balaban J connectivity index is 1.99. The van der Waals surface area contributed by atoms with Crippen LogP contribution in [0.1, 0.15) is 18.9 Å². The smallest absolute Gasteiger partial charge is 0.321 e. The van der Waals surface area contributed by atoms with Gasteiger partial charge in [0.05, 0.1) is 12.7 Å². The molecule has 2 rings (SSSR count). The summed E-state index contributed by atoms with van der Waals surface area (Å²) >= 11 is 5.46. The van der Waals surface area contributed by atoms with Gasteiger partial charge in [0, 0.05) is 6.42 Å². The van der Waals surface area contributed by atoms with Crippen LogP contribution in [0, 0.1) is 0 Å². The number of rotatable bonds is 5. The van der Waals surface area contributed by atoms with Gasteiger partial charge in [-0.1, -0.05) is 30.3 Å². The summed E-state index contributed by atoms with van der Waals surface area (Å²) in [6, 6.07) is 9.67. The number of benzene rings is 1. The van der Waals surface area contributed by atoms with Gasteiger partial charge in [0.25, 0.3) is 0 Å². The predicted octanol–water partition coefficient (Wildman–Crippen LogP) is 1.85. The molecule has 0 spiro atoms. The minimum Gasteiger partial charge on any atom is -0.458 e. The molecule has 21 heavy (non-hydrogen) atoms. The van der Waals surface area contributed by atoms with Crippen molar-refractivity contribution in [1.82, 2.24) is 0 Å². The van der Waals surface area contributed by atoms with E-state index in [0.29, 0.717) is 6.61 Å².